The smallest absolute Gasteiger partial charge is 0.105 e. The Morgan fingerprint density at radius 3 is 3.15 bits per heavy atom. The first-order valence-corrected chi connectivity index (χ1v) is 9.19. The van der Waals surface area contributed by atoms with Crippen molar-refractivity contribution in [1.82, 2.24) is 14.7 Å². The molecule has 2 atom stereocenters. The number of hydrogen-bond donors (Lipinski definition) is 0. The summed E-state index contributed by atoms with van der Waals surface area (Å²) < 4.78 is 14.3. The Bertz CT molecular complexity index is 770. The molecule has 0 N–H and O–H groups in total. The summed E-state index contributed by atoms with van der Waals surface area (Å²) in [6.07, 6.45) is 6.00. The predicted octanol–water partition coefficient (Wildman–Crippen LogP) is 2.20. The van der Waals surface area contributed by atoms with E-state index in [1.807, 2.05) is 35.1 Å². The van der Waals surface area contributed by atoms with Crippen molar-refractivity contribution in [3.8, 4) is 6.07 Å². The predicted molar refractivity (Wildman–Crippen MR) is 96.3 cm³/mol. The van der Waals surface area contributed by atoms with E-state index in [0.717, 1.165) is 44.6 Å². The fraction of sp³-hybridized carbons (Fsp3) is 0.500. The Balaban J connectivity index is 1.42. The lowest BCUT2D eigenvalue weighted by atomic mass is 9.99. The van der Waals surface area contributed by atoms with Gasteiger partial charge < -0.3 is 9.47 Å². The van der Waals surface area contributed by atoms with Gasteiger partial charge in [-0.2, -0.15) is 10.4 Å². The van der Waals surface area contributed by atoms with Gasteiger partial charge >= 0.3 is 0 Å². The molecule has 0 amide bonds. The molecule has 26 heavy (non-hydrogen) atoms. The van der Waals surface area contributed by atoms with Crippen LogP contribution in [0.2, 0.25) is 0 Å². The van der Waals surface area contributed by atoms with Crippen LogP contribution in [0.1, 0.15) is 24.0 Å². The van der Waals surface area contributed by atoms with Crippen LogP contribution in [0.25, 0.3) is 0 Å². The molecule has 0 bridgehead atoms. The SMILES string of the molecule is N#Cc1cccc(CN2CCOC[C@@]3(CC[C@H](Cn4cccn4)O3)C2)c1. The molecule has 4 rings (SSSR count). The van der Waals surface area contributed by atoms with Crippen molar-refractivity contribution in [2.75, 3.05) is 26.3 Å². The van der Waals surface area contributed by atoms with Crippen molar-refractivity contribution in [3.63, 3.8) is 0 Å². The summed E-state index contributed by atoms with van der Waals surface area (Å²) in [7, 11) is 0. The third-order valence-corrected chi connectivity index (χ3v) is 5.18. The third-order valence-electron chi connectivity index (χ3n) is 5.18. The Hall–Kier alpha value is -2.20. The molecule has 1 aromatic carbocycles. The summed E-state index contributed by atoms with van der Waals surface area (Å²) in [4.78, 5) is 2.39. The fourth-order valence-corrected chi connectivity index (χ4v) is 3.98. The minimum absolute atomic E-state index is 0.181. The number of benzene rings is 1. The number of hydrogen-bond acceptors (Lipinski definition) is 5. The molecule has 2 aliphatic heterocycles. The van der Waals surface area contributed by atoms with Crippen LogP contribution < -0.4 is 0 Å². The molecular formula is C20H24N4O2. The van der Waals surface area contributed by atoms with E-state index in [2.05, 4.69) is 22.1 Å². The molecule has 0 saturated carbocycles. The van der Waals surface area contributed by atoms with E-state index < -0.39 is 0 Å². The number of rotatable bonds is 4. The molecule has 2 aromatic rings. The van der Waals surface area contributed by atoms with Crippen LogP contribution >= 0.6 is 0 Å². The van der Waals surface area contributed by atoms with Crippen molar-refractivity contribution in [1.29, 1.82) is 5.26 Å². The first-order chi connectivity index (χ1) is 12.7. The summed E-state index contributed by atoms with van der Waals surface area (Å²) in [6.45, 7) is 4.71. The molecule has 2 aliphatic rings. The van der Waals surface area contributed by atoms with Crippen LogP contribution in [0, 0.1) is 11.3 Å². The van der Waals surface area contributed by atoms with Crippen LogP contribution in [-0.2, 0) is 22.6 Å². The lowest BCUT2D eigenvalue weighted by Crippen LogP contribution is -2.44. The Labute approximate surface area is 153 Å². The molecule has 0 aliphatic carbocycles. The highest BCUT2D eigenvalue weighted by molar-refractivity contribution is 5.32. The monoisotopic (exact) mass is 352 g/mol. The molecule has 0 radical (unpaired) electrons. The van der Waals surface area contributed by atoms with Gasteiger partial charge in [-0.05, 0) is 36.6 Å². The van der Waals surface area contributed by atoms with Gasteiger partial charge in [0.1, 0.15) is 5.60 Å². The zero-order chi connectivity index (χ0) is 17.8. The largest absolute Gasteiger partial charge is 0.377 e. The lowest BCUT2D eigenvalue weighted by Gasteiger charge is -2.32. The van der Waals surface area contributed by atoms with Gasteiger partial charge in [0.25, 0.3) is 0 Å². The van der Waals surface area contributed by atoms with Crippen molar-refractivity contribution >= 4 is 0 Å². The maximum atomic E-state index is 9.10. The lowest BCUT2D eigenvalue weighted by molar-refractivity contribution is -0.0904. The minimum atomic E-state index is -0.235. The van der Waals surface area contributed by atoms with Gasteiger partial charge in [0, 0.05) is 32.0 Å². The second kappa shape index (κ2) is 7.58. The summed E-state index contributed by atoms with van der Waals surface area (Å²) in [6, 6.07) is 12.0. The third kappa shape index (κ3) is 3.96. The highest BCUT2D eigenvalue weighted by Gasteiger charge is 2.43. The van der Waals surface area contributed by atoms with E-state index in [0.29, 0.717) is 18.8 Å². The van der Waals surface area contributed by atoms with E-state index in [1.54, 1.807) is 6.20 Å². The van der Waals surface area contributed by atoms with Gasteiger partial charge in [0.05, 0.1) is 37.5 Å². The van der Waals surface area contributed by atoms with E-state index in [-0.39, 0.29) is 11.7 Å². The maximum absolute atomic E-state index is 9.10. The standard InChI is InChI=1S/C20H24N4O2/c21-12-17-3-1-4-18(11-17)13-23-9-10-25-16-20(15-23)6-5-19(26-20)14-24-8-2-7-22-24/h1-4,7-8,11,19H,5-6,9-10,13-16H2/t19-,20-/m1/s1. The fourth-order valence-electron chi connectivity index (χ4n) is 3.98. The number of nitriles is 1. The van der Waals surface area contributed by atoms with Gasteiger partial charge in [-0.1, -0.05) is 12.1 Å². The van der Waals surface area contributed by atoms with Gasteiger partial charge in [0.2, 0.25) is 0 Å². The average molecular weight is 352 g/mol. The Kier molecular flexibility index (Phi) is 5.02. The highest BCUT2D eigenvalue weighted by atomic mass is 16.6. The van der Waals surface area contributed by atoms with Gasteiger partial charge in [0.15, 0.2) is 0 Å². The van der Waals surface area contributed by atoms with Crippen LogP contribution in [0.4, 0.5) is 0 Å². The van der Waals surface area contributed by atoms with E-state index in [1.165, 1.54) is 0 Å². The zero-order valence-electron chi connectivity index (χ0n) is 14.9. The molecular weight excluding hydrogens is 328 g/mol. The number of aromatic nitrogens is 2. The minimum Gasteiger partial charge on any atom is -0.377 e. The van der Waals surface area contributed by atoms with Crippen molar-refractivity contribution in [3.05, 3.63) is 53.9 Å². The molecule has 3 heterocycles. The van der Waals surface area contributed by atoms with Crippen molar-refractivity contribution in [2.45, 2.75) is 37.6 Å². The molecule has 6 nitrogen and oxygen atoms in total. The van der Waals surface area contributed by atoms with Crippen LogP contribution in [0.15, 0.2) is 42.7 Å². The molecule has 1 spiro atoms. The van der Waals surface area contributed by atoms with E-state index >= 15 is 0 Å². The second-order valence-electron chi connectivity index (χ2n) is 7.27. The highest BCUT2D eigenvalue weighted by Crippen LogP contribution is 2.34. The van der Waals surface area contributed by atoms with E-state index in [9.17, 15) is 0 Å². The maximum Gasteiger partial charge on any atom is 0.105 e. The quantitative estimate of drug-likeness (QED) is 0.844. The van der Waals surface area contributed by atoms with Crippen molar-refractivity contribution in [2.24, 2.45) is 0 Å². The summed E-state index contributed by atoms with van der Waals surface area (Å²) >= 11 is 0. The summed E-state index contributed by atoms with van der Waals surface area (Å²) in [5, 5.41) is 13.4. The Morgan fingerprint density at radius 1 is 1.35 bits per heavy atom. The zero-order valence-corrected chi connectivity index (χ0v) is 14.9. The molecule has 2 saturated heterocycles. The Morgan fingerprint density at radius 2 is 2.31 bits per heavy atom. The molecule has 1 aromatic heterocycles. The first-order valence-electron chi connectivity index (χ1n) is 9.19. The second-order valence-corrected chi connectivity index (χ2v) is 7.27. The van der Waals surface area contributed by atoms with Crippen LogP contribution in [0.5, 0.6) is 0 Å². The normalized spacial score (nSPS) is 26.7. The van der Waals surface area contributed by atoms with Crippen molar-refractivity contribution < 1.29 is 9.47 Å². The van der Waals surface area contributed by atoms with Gasteiger partial charge in [-0.15, -0.1) is 0 Å². The molecule has 136 valence electrons. The number of nitrogens with zero attached hydrogens (tertiary/aromatic N) is 4. The topological polar surface area (TPSA) is 63.3 Å². The van der Waals surface area contributed by atoms with Crippen LogP contribution in [0.3, 0.4) is 0 Å². The molecule has 0 unspecified atom stereocenters. The molecule has 2 fully saturated rings. The van der Waals surface area contributed by atoms with Gasteiger partial charge in [-0.25, -0.2) is 0 Å². The summed E-state index contributed by atoms with van der Waals surface area (Å²) in [5.74, 6) is 0. The number of ether oxygens (including phenoxy) is 2. The average Bonchev–Trinajstić information content (AvgIpc) is 3.25. The summed E-state index contributed by atoms with van der Waals surface area (Å²) in [5.41, 5.74) is 1.63. The molecule has 6 heteroatoms. The first kappa shape index (κ1) is 17.2. The van der Waals surface area contributed by atoms with Gasteiger partial charge in [-0.3, -0.25) is 9.58 Å². The van der Waals surface area contributed by atoms with Crippen LogP contribution in [-0.4, -0.2) is 52.7 Å². The van der Waals surface area contributed by atoms with E-state index in [4.69, 9.17) is 14.7 Å².